The Kier molecular flexibility index (Phi) is 6.60. The van der Waals surface area contributed by atoms with Gasteiger partial charge in [0.25, 0.3) is 0 Å². The summed E-state index contributed by atoms with van der Waals surface area (Å²) >= 11 is 0. The summed E-state index contributed by atoms with van der Waals surface area (Å²) < 4.78 is 42.1. The Morgan fingerprint density at radius 1 is 1.17 bits per heavy atom. The lowest BCUT2D eigenvalue weighted by molar-refractivity contribution is -0.147. The fraction of sp³-hybridized carbons (Fsp3) is 0.222. The smallest absolute Gasteiger partial charge is 0.387 e. The molecule has 1 fully saturated rings. The van der Waals surface area contributed by atoms with Crippen molar-refractivity contribution in [1.82, 2.24) is 10.3 Å². The summed E-state index contributed by atoms with van der Waals surface area (Å²) in [5.41, 5.74) is 3.19. The number of ether oxygens (including phenoxy) is 2. The number of halogens is 2. The second-order valence-electron chi connectivity index (χ2n) is 8.29. The van der Waals surface area contributed by atoms with E-state index in [9.17, 15) is 18.8 Å². The monoisotopic (exact) mass is 489 g/mol. The van der Waals surface area contributed by atoms with Gasteiger partial charge in [0.2, 0.25) is 5.89 Å². The molecule has 1 aliphatic rings. The molecule has 5 rings (SSSR count). The predicted octanol–water partition coefficient (Wildman–Crippen LogP) is 5.43. The Morgan fingerprint density at radius 2 is 1.97 bits per heavy atom. The minimum atomic E-state index is -3.08. The number of carbonyl (C=O) groups is 1. The average Bonchev–Trinajstić information content (AvgIpc) is 3.57. The van der Waals surface area contributed by atoms with Crippen LogP contribution >= 0.6 is 0 Å². The van der Waals surface area contributed by atoms with Crippen LogP contribution in [0, 0.1) is 11.3 Å². The van der Waals surface area contributed by atoms with Crippen LogP contribution in [0.5, 0.6) is 5.75 Å². The summed E-state index contributed by atoms with van der Waals surface area (Å²) in [5, 5.41) is 13.0. The van der Waals surface area contributed by atoms with Crippen molar-refractivity contribution in [2.45, 2.75) is 32.1 Å². The zero-order valence-electron chi connectivity index (χ0n) is 19.0. The summed E-state index contributed by atoms with van der Waals surface area (Å²) in [6, 6.07) is 19.4. The van der Waals surface area contributed by atoms with Gasteiger partial charge in [-0.3, -0.25) is 4.79 Å². The van der Waals surface area contributed by atoms with Gasteiger partial charge < -0.3 is 19.2 Å². The number of nitriles is 1. The summed E-state index contributed by atoms with van der Waals surface area (Å²) in [5.74, 6) is -0.467. The number of aromatic nitrogens is 1. The summed E-state index contributed by atoms with van der Waals surface area (Å²) in [7, 11) is 0. The van der Waals surface area contributed by atoms with Crippen LogP contribution in [0.15, 0.2) is 65.1 Å². The van der Waals surface area contributed by atoms with Crippen LogP contribution in [-0.2, 0) is 16.1 Å². The number of fused-ring (bicyclic) bond motifs is 1. The number of alkyl halides is 2. The third-order valence-electron chi connectivity index (χ3n) is 5.99. The zero-order valence-corrected chi connectivity index (χ0v) is 19.0. The van der Waals surface area contributed by atoms with E-state index in [0.717, 1.165) is 18.5 Å². The number of oxazole rings is 1. The molecule has 7 nitrogen and oxygen atoms in total. The Morgan fingerprint density at radius 3 is 2.69 bits per heavy atom. The van der Waals surface area contributed by atoms with Crippen molar-refractivity contribution in [1.29, 1.82) is 5.26 Å². The van der Waals surface area contributed by atoms with Crippen LogP contribution in [0.4, 0.5) is 8.78 Å². The number of hydrogen-bond donors (Lipinski definition) is 1. The fourth-order valence-corrected chi connectivity index (χ4v) is 4.28. The van der Waals surface area contributed by atoms with Gasteiger partial charge in [-0.05, 0) is 37.1 Å². The van der Waals surface area contributed by atoms with Gasteiger partial charge in [-0.1, -0.05) is 42.5 Å². The third kappa shape index (κ3) is 4.76. The quantitative estimate of drug-likeness (QED) is 0.346. The molecular weight excluding hydrogens is 468 g/mol. The van der Waals surface area contributed by atoms with Crippen molar-refractivity contribution in [3.63, 3.8) is 0 Å². The molecule has 36 heavy (non-hydrogen) atoms. The number of rotatable bonds is 7. The Balaban J connectivity index is 1.51. The highest BCUT2D eigenvalue weighted by Gasteiger charge is 2.25. The average molecular weight is 489 g/mol. The van der Waals surface area contributed by atoms with Crippen LogP contribution in [0.1, 0.15) is 24.0 Å². The first-order valence-corrected chi connectivity index (χ1v) is 11.4. The highest BCUT2D eigenvalue weighted by Crippen LogP contribution is 2.35. The number of nitrogens with one attached hydrogen (secondary N) is 1. The molecule has 3 aromatic carbocycles. The highest BCUT2D eigenvalue weighted by atomic mass is 19.3. The number of esters is 1. The first-order valence-electron chi connectivity index (χ1n) is 11.4. The molecule has 0 radical (unpaired) electrons. The van der Waals surface area contributed by atoms with Gasteiger partial charge in [0.15, 0.2) is 5.58 Å². The molecule has 0 saturated carbocycles. The van der Waals surface area contributed by atoms with Crippen molar-refractivity contribution in [3.8, 4) is 34.4 Å². The second kappa shape index (κ2) is 10.1. The van der Waals surface area contributed by atoms with E-state index in [-0.39, 0.29) is 29.4 Å². The number of carbonyl (C=O) groups excluding carboxylic acids is 1. The molecule has 0 spiro atoms. The number of benzene rings is 3. The van der Waals surface area contributed by atoms with E-state index in [1.807, 2.05) is 36.4 Å². The van der Waals surface area contributed by atoms with Gasteiger partial charge in [-0.2, -0.15) is 14.0 Å². The van der Waals surface area contributed by atoms with Crippen LogP contribution in [0.3, 0.4) is 0 Å². The molecule has 9 heteroatoms. The normalized spacial score (nSPS) is 15.2. The van der Waals surface area contributed by atoms with E-state index in [1.165, 1.54) is 12.1 Å². The zero-order chi connectivity index (χ0) is 25.1. The van der Waals surface area contributed by atoms with E-state index < -0.39 is 18.6 Å². The summed E-state index contributed by atoms with van der Waals surface area (Å²) in [6.45, 7) is -2.61. The van der Waals surface area contributed by atoms with Crippen LogP contribution in [-0.4, -0.2) is 30.2 Å². The fourth-order valence-electron chi connectivity index (χ4n) is 4.28. The van der Waals surface area contributed by atoms with Crippen LogP contribution in [0.25, 0.3) is 33.7 Å². The van der Waals surface area contributed by atoms with Crippen molar-refractivity contribution in [2.24, 2.45) is 0 Å². The first kappa shape index (κ1) is 23.5. The van der Waals surface area contributed by atoms with Gasteiger partial charge >= 0.3 is 12.6 Å². The van der Waals surface area contributed by atoms with Crippen molar-refractivity contribution < 1.29 is 27.5 Å². The standard InChI is InChI=1S/C27H21F2N3O4/c28-27(29)36-23-13-24-22(12-17(23)15-34-26(33)21-10-5-11-31-21)32-25(35-24)19-9-4-8-18(20(19)14-30)16-6-2-1-3-7-16/h1-4,6-9,12-13,21,27,31H,5,10-11,15H2/t21-/m0/s1. The number of nitrogens with zero attached hydrogens (tertiary/aromatic N) is 2. The molecule has 182 valence electrons. The molecule has 2 heterocycles. The van der Waals surface area contributed by atoms with Gasteiger partial charge in [0.05, 0.1) is 11.1 Å². The van der Waals surface area contributed by atoms with Crippen LogP contribution in [0.2, 0.25) is 0 Å². The SMILES string of the molecule is N#Cc1c(-c2ccccc2)cccc1-c1nc2cc(COC(=O)[C@@H]3CCCN3)c(OC(F)F)cc2o1. The minimum Gasteiger partial charge on any atom is -0.460 e. The molecular formula is C27H21F2N3O4. The lowest BCUT2D eigenvalue weighted by Crippen LogP contribution is -2.32. The van der Waals surface area contributed by atoms with Gasteiger partial charge in [-0.15, -0.1) is 0 Å². The molecule has 0 unspecified atom stereocenters. The molecule has 1 N–H and O–H groups in total. The maximum Gasteiger partial charge on any atom is 0.387 e. The third-order valence-corrected chi connectivity index (χ3v) is 5.99. The molecule has 4 aromatic rings. The molecule has 0 aliphatic carbocycles. The molecule has 0 bridgehead atoms. The van der Waals surface area contributed by atoms with Gasteiger partial charge in [0.1, 0.15) is 30.0 Å². The van der Waals surface area contributed by atoms with Gasteiger partial charge in [0, 0.05) is 17.2 Å². The maximum absolute atomic E-state index is 13.1. The van der Waals surface area contributed by atoms with Crippen molar-refractivity contribution in [3.05, 3.63) is 71.8 Å². The molecule has 1 atom stereocenters. The number of hydrogen-bond acceptors (Lipinski definition) is 7. The molecule has 1 aromatic heterocycles. The van der Waals surface area contributed by atoms with Crippen molar-refractivity contribution in [2.75, 3.05) is 6.54 Å². The lowest BCUT2D eigenvalue weighted by atomic mass is 9.96. The van der Waals surface area contributed by atoms with E-state index in [1.54, 1.807) is 12.1 Å². The second-order valence-corrected chi connectivity index (χ2v) is 8.29. The van der Waals surface area contributed by atoms with E-state index in [4.69, 9.17) is 9.15 Å². The van der Waals surface area contributed by atoms with E-state index in [0.29, 0.717) is 28.6 Å². The van der Waals surface area contributed by atoms with Gasteiger partial charge in [-0.25, -0.2) is 4.98 Å². The summed E-state index contributed by atoms with van der Waals surface area (Å²) in [4.78, 5) is 16.8. The Hall–Kier alpha value is -4.29. The Labute approximate surface area is 205 Å². The first-order chi connectivity index (χ1) is 17.5. The molecule has 1 aliphatic heterocycles. The van der Waals surface area contributed by atoms with E-state index >= 15 is 0 Å². The maximum atomic E-state index is 13.1. The van der Waals surface area contributed by atoms with Crippen LogP contribution < -0.4 is 10.1 Å². The van der Waals surface area contributed by atoms with E-state index in [2.05, 4.69) is 21.1 Å². The lowest BCUT2D eigenvalue weighted by Gasteiger charge is -2.13. The Bertz CT molecular complexity index is 1440. The predicted molar refractivity (Wildman–Crippen MR) is 127 cm³/mol. The highest BCUT2D eigenvalue weighted by molar-refractivity contribution is 5.84. The summed E-state index contributed by atoms with van der Waals surface area (Å²) in [6.07, 6.45) is 1.53. The van der Waals surface area contributed by atoms with Crippen molar-refractivity contribution >= 4 is 17.1 Å². The molecule has 1 saturated heterocycles. The minimum absolute atomic E-state index is 0.159. The topological polar surface area (TPSA) is 97.4 Å². The largest absolute Gasteiger partial charge is 0.460 e. The molecule has 0 amide bonds.